The van der Waals surface area contributed by atoms with Gasteiger partial charge in [-0.1, -0.05) is 43.2 Å². The molecule has 0 spiro atoms. The Morgan fingerprint density at radius 3 is 2.33 bits per heavy atom. The van der Waals surface area contributed by atoms with Crippen molar-refractivity contribution in [3.63, 3.8) is 0 Å². The molecule has 1 aromatic rings. The number of nitrogens with zero attached hydrogens (tertiary/aromatic N) is 1. The van der Waals surface area contributed by atoms with Gasteiger partial charge in [-0.15, -0.1) is 0 Å². The van der Waals surface area contributed by atoms with Gasteiger partial charge >= 0.3 is 0 Å². The molecule has 0 bridgehead atoms. The van der Waals surface area contributed by atoms with E-state index in [0.717, 1.165) is 13.0 Å². The first-order chi connectivity index (χ1) is 8.54. The van der Waals surface area contributed by atoms with Crippen LogP contribution in [0.3, 0.4) is 0 Å². The first-order valence-corrected chi connectivity index (χ1v) is 7.07. The molecule has 102 valence electrons. The van der Waals surface area contributed by atoms with Crippen LogP contribution in [0, 0.1) is 6.92 Å². The highest BCUT2D eigenvalue weighted by molar-refractivity contribution is 5.23. The van der Waals surface area contributed by atoms with Gasteiger partial charge in [0.05, 0.1) is 0 Å². The third kappa shape index (κ3) is 4.79. The summed E-state index contributed by atoms with van der Waals surface area (Å²) in [6, 6.07) is 9.38. The maximum atomic E-state index is 6.24. The fourth-order valence-corrected chi connectivity index (χ4v) is 2.18. The Morgan fingerprint density at radius 1 is 1.17 bits per heavy atom. The molecule has 2 N–H and O–H groups in total. The third-order valence-electron chi connectivity index (χ3n) is 3.76. The summed E-state index contributed by atoms with van der Waals surface area (Å²) in [4.78, 5) is 2.41. The van der Waals surface area contributed by atoms with Crippen molar-refractivity contribution >= 4 is 0 Å². The lowest BCUT2D eigenvalue weighted by Gasteiger charge is -2.25. The van der Waals surface area contributed by atoms with Gasteiger partial charge in [0, 0.05) is 12.1 Å². The van der Waals surface area contributed by atoms with Crippen molar-refractivity contribution in [2.45, 2.75) is 52.1 Å². The Bertz CT molecular complexity index is 331. The third-order valence-corrected chi connectivity index (χ3v) is 3.76. The Morgan fingerprint density at radius 2 is 1.78 bits per heavy atom. The molecule has 0 amide bonds. The van der Waals surface area contributed by atoms with Crippen molar-refractivity contribution in [3.8, 4) is 0 Å². The van der Waals surface area contributed by atoms with Crippen molar-refractivity contribution in [1.29, 1.82) is 0 Å². The Labute approximate surface area is 112 Å². The number of hydrogen-bond acceptors (Lipinski definition) is 2. The van der Waals surface area contributed by atoms with E-state index in [0.29, 0.717) is 6.04 Å². The van der Waals surface area contributed by atoms with Gasteiger partial charge in [0.25, 0.3) is 0 Å². The zero-order valence-electron chi connectivity index (χ0n) is 12.3. The monoisotopic (exact) mass is 248 g/mol. The topological polar surface area (TPSA) is 29.3 Å². The zero-order chi connectivity index (χ0) is 13.5. The van der Waals surface area contributed by atoms with Gasteiger partial charge in [-0.25, -0.2) is 0 Å². The number of benzene rings is 1. The van der Waals surface area contributed by atoms with Crippen molar-refractivity contribution in [3.05, 3.63) is 35.4 Å². The largest absolute Gasteiger partial charge is 0.324 e. The molecule has 0 aliphatic heterocycles. The fourth-order valence-electron chi connectivity index (χ4n) is 2.18. The second-order valence-corrected chi connectivity index (χ2v) is 5.42. The summed E-state index contributed by atoms with van der Waals surface area (Å²) < 4.78 is 0. The highest BCUT2D eigenvalue weighted by atomic mass is 15.1. The summed E-state index contributed by atoms with van der Waals surface area (Å²) in [7, 11) is 2.20. The first-order valence-electron chi connectivity index (χ1n) is 7.07. The average Bonchev–Trinajstić information content (AvgIpc) is 2.36. The molecule has 0 radical (unpaired) electrons. The predicted octanol–water partition coefficient (Wildman–Crippen LogP) is 3.51. The standard InChI is InChI=1S/C16H28N2/c1-5-6-14(3)18(4)12-11-16(17)15-9-7-13(2)8-10-15/h7-10,14,16H,5-6,11-12,17H2,1-4H3. The molecule has 1 aromatic carbocycles. The van der Waals surface area contributed by atoms with Gasteiger partial charge in [0.15, 0.2) is 0 Å². The zero-order valence-corrected chi connectivity index (χ0v) is 12.3. The number of hydrogen-bond donors (Lipinski definition) is 1. The second-order valence-electron chi connectivity index (χ2n) is 5.42. The van der Waals surface area contributed by atoms with Crippen molar-refractivity contribution < 1.29 is 0 Å². The molecule has 0 aliphatic carbocycles. The molecule has 2 unspecified atom stereocenters. The molecular weight excluding hydrogens is 220 g/mol. The normalized spacial score (nSPS) is 14.8. The van der Waals surface area contributed by atoms with E-state index in [4.69, 9.17) is 5.73 Å². The van der Waals surface area contributed by atoms with Crippen LogP contribution < -0.4 is 5.73 Å². The summed E-state index contributed by atoms with van der Waals surface area (Å²) in [5.41, 5.74) is 8.78. The molecule has 0 saturated heterocycles. The lowest BCUT2D eigenvalue weighted by molar-refractivity contribution is 0.236. The SMILES string of the molecule is CCCC(C)N(C)CCC(N)c1ccc(C)cc1. The number of aryl methyl sites for hydroxylation is 1. The maximum absolute atomic E-state index is 6.24. The van der Waals surface area contributed by atoms with Crippen LogP contribution in [0.4, 0.5) is 0 Å². The van der Waals surface area contributed by atoms with Crippen LogP contribution in [0.1, 0.15) is 50.3 Å². The van der Waals surface area contributed by atoms with Crippen LogP contribution >= 0.6 is 0 Å². The van der Waals surface area contributed by atoms with E-state index in [1.54, 1.807) is 0 Å². The summed E-state index contributed by atoms with van der Waals surface area (Å²) in [6.07, 6.45) is 3.53. The van der Waals surface area contributed by atoms with Crippen molar-refractivity contribution in [1.82, 2.24) is 4.90 Å². The van der Waals surface area contributed by atoms with Crippen LogP contribution in [0.25, 0.3) is 0 Å². The molecular formula is C16H28N2. The molecule has 1 rings (SSSR count). The van der Waals surface area contributed by atoms with E-state index in [1.807, 2.05) is 0 Å². The van der Waals surface area contributed by atoms with Crippen LogP contribution in [0.5, 0.6) is 0 Å². The van der Waals surface area contributed by atoms with Gasteiger partial charge in [0.2, 0.25) is 0 Å². The molecule has 2 heteroatoms. The van der Waals surface area contributed by atoms with E-state index in [-0.39, 0.29) is 6.04 Å². The lowest BCUT2D eigenvalue weighted by atomic mass is 10.0. The molecule has 18 heavy (non-hydrogen) atoms. The van der Waals surface area contributed by atoms with Crippen LogP contribution in [0.15, 0.2) is 24.3 Å². The van der Waals surface area contributed by atoms with E-state index in [2.05, 4.69) is 57.0 Å². The molecule has 2 nitrogen and oxygen atoms in total. The maximum Gasteiger partial charge on any atom is 0.0307 e. The molecule has 2 atom stereocenters. The lowest BCUT2D eigenvalue weighted by Crippen LogP contribution is -2.31. The van der Waals surface area contributed by atoms with Crippen LogP contribution in [-0.4, -0.2) is 24.5 Å². The Kier molecular flexibility index (Phi) is 6.37. The number of rotatable bonds is 7. The van der Waals surface area contributed by atoms with Gasteiger partial charge in [-0.3, -0.25) is 0 Å². The molecule has 0 fully saturated rings. The van der Waals surface area contributed by atoms with Crippen molar-refractivity contribution in [2.24, 2.45) is 5.73 Å². The van der Waals surface area contributed by atoms with E-state index < -0.39 is 0 Å². The average molecular weight is 248 g/mol. The van der Waals surface area contributed by atoms with E-state index >= 15 is 0 Å². The van der Waals surface area contributed by atoms with Gasteiger partial charge < -0.3 is 10.6 Å². The van der Waals surface area contributed by atoms with Crippen LogP contribution in [-0.2, 0) is 0 Å². The van der Waals surface area contributed by atoms with E-state index in [1.165, 1.54) is 24.0 Å². The fraction of sp³-hybridized carbons (Fsp3) is 0.625. The number of nitrogens with two attached hydrogens (primary N) is 1. The minimum Gasteiger partial charge on any atom is -0.324 e. The van der Waals surface area contributed by atoms with Crippen LogP contribution in [0.2, 0.25) is 0 Å². The van der Waals surface area contributed by atoms with Gasteiger partial charge in [-0.2, -0.15) is 0 Å². The van der Waals surface area contributed by atoms with E-state index in [9.17, 15) is 0 Å². The highest BCUT2D eigenvalue weighted by Crippen LogP contribution is 2.16. The minimum absolute atomic E-state index is 0.155. The molecule has 0 saturated carbocycles. The first kappa shape index (κ1) is 15.2. The van der Waals surface area contributed by atoms with Gasteiger partial charge in [-0.05, 0) is 45.8 Å². The highest BCUT2D eigenvalue weighted by Gasteiger charge is 2.11. The molecule has 0 aliphatic rings. The second kappa shape index (κ2) is 7.55. The predicted molar refractivity (Wildman–Crippen MR) is 79.7 cm³/mol. The Balaban J connectivity index is 2.41. The van der Waals surface area contributed by atoms with Gasteiger partial charge in [0.1, 0.15) is 0 Å². The quantitative estimate of drug-likeness (QED) is 0.800. The minimum atomic E-state index is 0.155. The summed E-state index contributed by atoms with van der Waals surface area (Å²) in [5, 5.41) is 0. The molecule has 0 aromatic heterocycles. The smallest absolute Gasteiger partial charge is 0.0307 e. The summed E-state index contributed by atoms with van der Waals surface area (Å²) in [5.74, 6) is 0. The Hall–Kier alpha value is -0.860. The summed E-state index contributed by atoms with van der Waals surface area (Å²) in [6.45, 7) is 7.70. The van der Waals surface area contributed by atoms with Crippen molar-refractivity contribution in [2.75, 3.05) is 13.6 Å². The molecule has 0 heterocycles. The summed E-state index contributed by atoms with van der Waals surface area (Å²) >= 11 is 0.